The smallest absolute Gasteiger partial charge is 0.248 e. The lowest BCUT2D eigenvalue weighted by atomic mass is 10.1. The summed E-state index contributed by atoms with van der Waals surface area (Å²) in [4.78, 5) is 18.4. The molecule has 1 aromatic rings. The molecule has 0 saturated carbocycles. The SMILES string of the molecule is CN1CCN(c2ccc(C(N)=O)cc2N=[N+]=[N-])CC1. The monoisotopic (exact) mass is 260 g/mol. The molecule has 7 heteroatoms. The van der Waals surface area contributed by atoms with Crippen LogP contribution in [0.4, 0.5) is 11.4 Å². The number of rotatable bonds is 3. The predicted octanol–water partition coefficient (Wildman–Crippen LogP) is 1.48. The third kappa shape index (κ3) is 2.96. The molecule has 1 fully saturated rings. The lowest BCUT2D eigenvalue weighted by molar-refractivity contribution is 0.100. The van der Waals surface area contributed by atoms with Crippen molar-refractivity contribution in [3.63, 3.8) is 0 Å². The highest BCUT2D eigenvalue weighted by molar-refractivity contribution is 5.94. The second-order valence-electron chi connectivity index (χ2n) is 4.55. The van der Waals surface area contributed by atoms with Gasteiger partial charge in [0.15, 0.2) is 0 Å². The van der Waals surface area contributed by atoms with Crippen LogP contribution >= 0.6 is 0 Å². The third-order valence-corrected chi connectivity index (χ3v) is 3.26. The minimum Gasteiger partial charge on any atom is -0.369 e. The van der Waals surface area contributed by atoms with Gasteiger partial charge in [-0.2, -0.15) is 0 Å². The second kappa shape index (κ2) is 5.60. The molecule has 0 spiro atoms. The van der Waals surface area contributed by atoms with E-state index in [9.17, 15) is 4.79 Å². The molecule has 0 aliphatic carbocycles. The normalized spacial score (nSPS) is 15.9. The number of hydrogen-bond donors (Lipinski definition) is 1. The van der Waals surface area contributed by atoms with Crippen molar-refractivity contribution in [2.45, 2.75) is 0 Å². The standard InChI is InChI=1S/C12H16N6O/c1-17-4-6-18(7-5-17)11-3-2-9(12(13)19)8-10(11)15-16-14/h2-3,8H,4-7H2,1H3,(H2,13,19). The van der Waals surface area contributed by atoms with Gasteiger partial charge in [0.05, 0.1) is 5.69 Å². The molecule has 1 aromatic carbocycles. The van der Waals surface area contributed by atoms with Crippen LogP contribution in [-0.2, 0) is 0 Å². The summed E-state index contributed by atoms with van der Waals surface area (Å²) >= 11 is 0. The van der Waals surface area contributed by atoms with Crippen LogP contribution in [0.1, 0.15) is 10.4 Å². The molecule has 1 aliphatic heterocycles. The van der Waals surface area contributed by atoms with Crippen molar-refractivity contribution in [1.82, 2.24) is 4.90 Å². The number of nitrogens with two attached hydrogens (primary N) is 1. The van der Waals surface area contributed by atoms with Crippen LogP contribution in [0.3, 0.4) is 0 Å². The Balaban J connectivity index is 2.33. The van der Waals surface area contributed by atoms with Crippen LogP contribution in [-0.4, -0.2) is 44.0 Å². The Morgan fingerprint density at radius 3 is 2.63 bits per heavy atom. The minimum absolute atomic E-state index is 0.347. The van der Waals surface area contributed by atoms with Crippen LogP contribution in [0.25, 0.3) is 10.4 Å². The maximum absolute atomic E-state index is 11.2. The number of primary amides is 1. The van der Waals surface area contributed by atoms with E-state index in [1.165, 1.54) is 6.07 Å². The van der Waals surface area contributed by atoms with Gasteiger partial charge in [-0.1, -0.05) is 5.11 Å². The Kier molecular flexibility index (Phi) is 3.89. The van der Waals surface area contributed by atoms with E-state index in [0.717, 1.165) is 31.9 Å². The average molecular weight is 260 g/mol. The van der Waals surface area contributed by atoms with Crippen LogP contribution in [0.2, 0.25) is 0 Å². The van der Waals surface area contributed by atoms with Gasteiger partial charge >= 0.3 is 0 Å². The summed E-state index contributed by atoms with van der Waals surface area (Å²) in [5.74, 6) is -0.528. The molecule has 0 aromatic heterocycles. The topological polar surface area (TPSA) is 98.3 Å². The van der Waals surface area contributed by atoms with Crippen LogP contribution in [0, 0.1) is 0 Å². The molecule has 2 N–H and O–H groups in total. The van der Waals surface area contributed by atoms with Gasteiger partial charge in [0.25, 0.3) is 0 Å². The van der Waals surface area contributed by atoms with Crippen molar-refractivity contribution >= 4 is 17.3 Å². The van der Waals surface area contributed by atoms with E-state index in [0.29, 0.717) is 11.3 Å². The minimum atomic E-state index is -0.528. The molecule has 0 radical (unpaired) electrons. The van der Waals surface area contributed by atoms with Crippen LogP contribution in [0.15, 0.2) is 23.3 Å². The number of amides is 1. The van der Waals surface area contributed by atoms with Crippen molar-refractivity contribution < 1.29 is 4.79 Å². The first kappa shape index (κ1) is 13.2. The van der Waals surface area contributed by atoms with Crippen molar-refractivity contribution in [2.75, 3.05) is 38.1 Å². The molecule has 19 heavy (non-hydrogen) atoms. The van der Waals surface area contributed by atoms with Gasteiger partial charge in [-0.15, -0.1) is 0 Å². The molecule has 1 saturated heterocycles. The summed E-state index contributed by atoms with van der Waals surface area (Å²) in [6.45, 7) is 3.63. The predicted molar refractivity (Wildman–Crippen MR) is 73.5 cm³/mol. The van der Waals surface area contributed by atoms with Gasteiger partial charge in [-0.25, -0.2) is 0 Å². The zero-order valence-electron chi connectivity index (χ0n) is 10.8. The number of carbonyl (C=O) groups is 1. The van der Waals surface area contributed by atoms with Crippen molar-refractivity contribution in [3.05, 3.63) is 34.2 Å². The number of piperazine rings is 1. The molecule has 100 valence electrons. The highest BCUT2D eigenvalue weighted by atomic mass is 16.1. The van der Waals surface area contributed by atoms with Crippen molar-refractivity contribution in [2.24, 2.45) is 10.8 Å². The van der Waals surface area contributed by atoms with Crippen molar-refractivity contribution in [1.29, 1.82) is 0 Å². The molecule has 7 nitrogen and oxygen atoms in total. The Bertz CT molecular complexity index is 529. The summed E-state index contributed by atoms with van der Waals surface area (Å²) in [7, 11) is 2.07. The Morgan fingerprint density at radius 1 is 1.37 bits per heavy atom. The molecular weight excluding hydrogens is 244 g/mol. The van der Waals surface area contributed by atoms with Crippen LogP contribution < -0.4 is 10.6 Å². The first-order chi connectivity index (χ1) is 9.11. The molecule has 0 bridgehead atoms. The Labute approximate surface area is 111 Å². The number of benzene rings is 1. The fourth-order valence-corrected chi connectivity index (χ4v) is 2.12. The van der Waals surface area contributed by atoms with Gasteiger partial charge in [0.1, 0.15) is 0 Å². The maximum Gasteiger partial charge on any atom is 0.248 e. The largest absolute Gasteiger partial charge is 0.369 e. The maximum atomic E-state index is 11.2. The summed E-state index contributed by atoms with van der Waals surface area (Å²) in [5.41, 5.74) is 15.5. The zero-order valence-corrected chi connectivity index (χ0v) is 10.8. The number of anilines is 1. The summed E-state index contributed by atoms with van der Waals surface area (Å²) in [5, 5.41) is 3.66. The van der Waals surface area contributed by atoms with Crippen molar-refractivity contribution in [3.8, 4) is 0 Å². The summed E-state index contributed by atoms with van der Waals surface area (Å²) in [6.07, 6.45) is 0. The van der Waals surface area contributed by atoms with Gasteiger partial charge in [0.2, 0.25) is 5.91 Å². The summed E-state index contributed by atoms with van der Waals surface area (Å²) in [6, 6.07) is 4.98. The number of azide groups is 1. The molecule has 0 unspecified atom stereocenters. The quantitative estimate of drug-likeness (QED) is 0.506. The molecule has 1 aliphatic rings. The molecule has 2 rings (SSSR count). The zero-order chi connectivity index (χ0) is 13.8. The Morgan fingerprint density at radius 2 is 2.05 bits per heavy atom. The lowest BCUT2D eigenvalue weighted by Crippen LogP contribution is -2.44. The third-order valence-electron chi connectivity index (χ3n) is 3.26. The Hall–Kier alpha value is -2.24. The average Bonchev–Trinajstić information content (AvgIpc) is 2.40. The highest BCUT2D eigenvalue weighted by Crippen LogP contribution is 2.30. The van der Waals surface area contributed by atoms with E-state index in [1.807, 2.05) is 0 Å². The number of nitrogens with zero attached hydrogens (tertiary/aromatic N) is 5. The molecule has 1 amide bonds. The first-order valence-corrected chi connectivity index (χ1v) is 6.04. The summed E-state index contributed by atoms with van der Waals surface area (Å²) < 4.78 is 0. The number of hydrogen-bond acceptors (Lipinski definition) is 4. The van der Waals surface area contributed by atoms with E-state index in [2.05, 4.69) is 26.9 Å². The van der Waals surface area contributed by atoms with Gasteiger partial charge < -0.3 is 15.5 Å². The fraction of sp³-hybridized carbons (Fsp3) is 0.417. The number of likely N-dealkylation sites (N-methyl/N-ethyl adjacent to an activating group) is 1. The van der Waals surface area contributed by atoms with E-state index in [1.54, 1.807) is 12.1 Å². The van der Waals surface area contributed by atoms with Crippen LogP contribution in [0.5, 0.6) is 0 Å². The molecule has 0 atom stereocenters. The van der Waals surface area contributed by atoms with Gasteiger partial charge in [0, 0.05) is 42.3 Å². The molecule has 1 heterocycles. The van der Waals surface area contributed by atoms with Gasteiger partial charge in [-0.3, -0.25) is 4.79 Å². The van der Waals surface area contributed by atoms with Gasteiger partial charge in [-0.05, 0) is 30.8 Å². The highest BCUT2D eigenvalue weighted by Gasteiger charge is 2.17. The number of carbonyl (C=O) groups excluding carboxylic acids is 1. The van der Waals surface area contributed by atoms with E-state index >= 15 is 0 Å². The fourth-order valence-electron chi connectivity index (χ4n) is 2.12. The van der Waals surface area contributed by atoms with E-state index in [-0.39, 0.29) is 0 Å². The van der Waals surface area contributed by atoms with E-state index in [4.69, 9.17) is 11.3 Å². The first-order valence-electron chi connectivity index (χ1n) is 6.04. The van der Waals surface area contributed by atoms with E-state index < -0.39 is 5.91 Å². The lowest BCUT2D eigenvalue weighted by Gasteiger charge is -2.34. The molecular formula is C12H16N6O. The second-order valence-corrected chi connectivity index (χ2v) is 4.55.